The molecule has 0 fully saturated rings. The van der Waals surface area contributed by atoms with Gasteiger partial charge in [-0.2, -0.15) is 0 Å². The molecule has 2 N–H and O–H groups in total. The zero-order valence-corrected chi connectivity index (χ0v) is 6.72. The molecule has 0 aliphatic carbocycles. The first-order valence-corrected chi connectivity index (χ1v) is 3.82. The van der Waals surface area contributed by atoms with Crippen LogP contribution in [0.4, 0.5) is 0 Å². The standard InChI is InChI=1S/C4H4Cl2N2S/c5-3-2(1-7)8-4(6)9-3/h1,7H2. The van der Waals surface area contributed by atoms with E-state index >= 15 is 0 Å². The number of nitrogens with zero attached hydrogens (tertiary/aromatic N) is 1. The van der Waals surface area contributed by atoms with Gasteiger partial charge in [0.05, 0.1) is 5.69 Å². The quantitative estimate of drug-likeness (QED) is 0.722. The molecule has 0 spiro atoms. The minimum atomic E-state index is 0.349. The Morgan fingerprint density at radius 3 is 2.44 bits per heavy atom. The number of hydrogen-bond acceptors (Lipinski definition) is 3. The molecule has 0 saturated heterocycles. The van der Waals surface area contributed by atoms with Gasteiger partial charge in [0.1, 0.15) is 4.34 Å². The lowest BCUT2D eigenvalue weighted by atomic mass is 10.5. The fourth-order valence-electron chi connectivity index (χ4n) is 0.432. The van der Waals surface area contributed by atoms with Gasteiger partial charge < -0.3 is 5.73 Å². The van der Waals surface area contributed by atoms with Crippen molar-refractivity contribution < 1.29 is 0 Å². The predicted octanol–water partition coefficient (Wildman–Crippen LogP) is 1.91. The van der Waals surface area contributed by atoms with E-state index in [-0.39, 0.29) is 0 Å². The highest BCUT2D eigenvalue weighted by atomic mass is 35.5. The first kappa shape index (κ1) is 7.28. The first-order valence-electron chi connectivity index (χ1n) is 2.25. The average molecular weight is 183 g/mol. The predicted molar refractivity (Wildman–Crippen MR) is 40.0 cm³/mol. The SMILES string of the molecule is NCc1nc(Cl)sc1Cl. The van der Waals surface area contributed by atoms with E-state index in [0.717, 1.165) is 0 Å². The number of rotatable bonds is 1. The van der Waals surface area contributed by atoms with E-state index in [9.17, 15) is 0 Å². The third-order valence-corrected chi connectivity index (χ3v) is 2.26. The smallest absolute Gasteiger partial charge is 0.185 e. The van der Waals surface area contributed by atoms with E-state index in [0.29, 0.717) is 21.0 Å². The maximum Gasteiger partial charge on any atom is 0.185 e. The van der Waals surface area contributed by atoms with Crippen LogP contribution in [0, 0.1) is 0 Å². The van der Waals surface area contributed by atoms with Crippen molar-refractivity contribution in [3.8, 4) is 0 Å². The molecule has 0 aromatic carbocycles. The number of nitrogens with two attached hydrogens (primary N) is 1. The van der Waals surface area contributed by atoms with Crippen LogP contribution in [0.15, 0.2) is 0 Å². The van der Waals surface area contributed by atoms with Crippen molar-refractivity contribution in [3.05, 3.63) is 14.5 Å². The fraction of sp³-hybridized carbons (Fsp3) is 0.250. The molecular weight excluding hydrogens is 179 g/mol. The molecule has 1 aromatic heterocycles. The van der Waals surface area contributed by atoms with Crippen molar-refractivity contribution in [2.45, 2.75) is 6.54 Å². The third kappa shape index (κ3) is 1.55. The second-order valence-electron chi connectivity index (χ2n) is 1.39. The van der Waals surface area contributed by atoms with Crippen molar-refractivity contribution in [1.29, 1.82) is 0 Å². The number of halogens is 2. The summed E-state index contributed by atoms with van der Waals surface area (Å²) >= 11 is 12.4. The minimum Gasteiger partial charge on any atom is -0.325 e. The average Bonchev–Trinajstić information content (AvgIpc) is 2.10. The van der Waals surface area contributed by atoms with E-state index in [1.54, 1.807) is 0 Å². The third-order valence-electron chi connectivity index (χ3n) is 0.817. The molecule has 2 nitrogen and oxygen atoms in total. The molecule has 0 amide bonds. The molecule has 1 heterocycles. The summed E-state index contributed by atoms with van der Waals surface area (Å²) < 4.78 is 1.03. The molecule has 0 radical (unpaired) electrons. The molecule has 0 unspecified atom stereocenters. The van der Waals surface area contributed by atoms with Crippen molar-refractivity contribution in [3.63, 3.8) is 0 Å². The van der Waals surface area contributed by atoms with Crippen LogP contribution in [-0.4, -0.2) is 4.98 Å². The molecule has 9 heavy (non-hydrogen) atoms. The Hall–Kier alpha value is 0.170. The largest absolute Gasteiger partial charge is 0.325 e. The van der Waals surface area contributed by atoms with Crippen LogP contribution in [0.5, 0.6) is 0 Å². The Kier molecular flexibility index (Phi) is 2.29. The Balaban J connectivity index is 3.01. The molecule has 0 atom stereocenters. The number of thiazole rings is 1. The van der Waals surface area contributed by atoms with Crippen LogP contribution in [0.1, 0.15) is 5.69 Å². The summed E-state index contributed by atoms with van der Waals surface area (Å²) in [6.07, 6.45) is 0. The topological polar surface area (TPSA) is 38.9 Å². The molecule has 5 heteroatoms. The molecule has 0 saturated carbocycles. The van der Waals surface area contributed by atoms with E-state index in [2.05, 4.69) is 4.98 Å². The maximum atomic E-state index is 5.64. The van der Waals surface area contributed by atoms with Gasteiger partial charge in [0.15, 0.2) is 4.47 Å². The number of hydrogen-bond donors (Lipinski definition) is 1. The highest BCUT2D eigenvalue weighted by Crippen LogP contribution is 2.26. The van der Waals surface area contributed by atoms with Gasteiger partial charge in [0, 0.05) is 6.54 Å². The summed E-state index contributed by atoms with van der Waals surface area (Å²) in [7, 11) is 0. The monoisotopic (exact) mass is 182 g/mol. The van der Waals surface area contributed by atoms with Crippen LogP contribution < -0.4 is 5.73 Å². The molecule has 1 aromatic rings. The maximum absolute atomic E-state index is 5.64. The van der Waals surface area contributed by atoms with Crippen LogP contribution in [-0.2, 0) is 6.54 Å². The molecule has 1 rings (SSSR count). The Labute approximate surface area is 66.6 Å². The fourth-order valence-corrected chi connectivity index (χ4v) is 1.77. The zero-order chi connectivity index (χ0) is 6.85. The summed E-state index contributed by atoms with van der Waals surface area (Å²) in [6.45, 7) is 0.349. The van der Waals surface area contributed by atoms with Gasteiger partial charge in [-0.25, -0.2) is 4.98 Å². The Morgan fingerprint density at radius 1 is 1.56 bits per heavy atom. The van der Waals surface area contributed by atoms with Gasteiger partial charge in [-0.15, -0.1) is 0 Å². The lowest BCUT2D eigenvalue weighted by Gasteiger charge is -1.84. The lowest BCUT2D eigenvalue weighted by Crippen LogP contribution is -1.96. The Bertz CT molecular complexity index is 210. The van der Waals surface area contributed by atoms with Gasteiger partial charge in [-0.3, -0.25) is 0 Å². The lowest BCUT2D eigenvalue weighted by molar-refractivity contribution is 1.01. The van der Waals surface area contributed by atoms with Gasteiger partial charge in [0.25, 0.3) is 0 Å². The second-order valence-corrected chi connectivity index (χ2v) is 3.57. The van der Waals surface area contributed by atoms with E-state index < -0.39 is 0 Å². The molecular formula is C4H4Cl2N2S. The van der Waals surface area contributed by atoms with Crippen LogP contribution in [0.25, 0.3) is 0 Å². The highest BCUT2D eigenvalue weighted by Gasteiger charge is 2.03. The van der Waals surface area contributed by atoms with Crippen LogP contribution in [0.3, 0.4) is 0 Å². The minimum absolute atomic E-state index is 0.349. The first-order chi connectivity index (χ1) is 4.24. The van der Waals surface area contributed by atoms with Crippen molar-refractivity contribution in [2.24, 2.45) is 5.73 Å². The van der Waals surface area contributed by atoms with Crippen LogP contribution in [0.2, 0.25) is 8.80 Å². The normalized spacial score (nSPS) is 10.1. The Morgan fingerprint density at radius 2 is 2.22 bits per heavy atom. The van der Waals surface area contributed by atoms with Gasteiger partial charge >= 0.3 is 0 Å². The zero-order valence-electron chi connectivity index (χ0n) is 4.40. The summed E-state index contributed by atoms with van der Waals surface area (Å²) in [5.41, 5.74) is 5.94. The summed E-state index contributed by atoms with van der Waals surface area (Å²) in [4.78, 5) is 3.86. The van der Waals surface area contributed by atoms with Crippen LogP contribution >= 0.6 is 34.5 Å². The van der Waals surface area contributed by atoms with Crippen molar-refractivity contribution >= 4 is 34.5 Å². The second kappa shape index (κ2) is 2.84. The van der Waals surface area contributed by atoms with Crippen molar-refractivity contribution in [1.82, 2.24) is 4.98 Å². The summed E-state index contributed by atoms with van der Waals surface area (Å²) in [6, 6.07) is 0. The highest BCUT2D eigenvalue weighted by molar-refractivity contribution is 7.19. The summed E-state index contributed by atoms with van der Waals surface area (Å²) in [5, 5.41) is 0. The summed E-state index contributed by atoms with van der Waals surface area (Å²) in [5.74, 6) is 0. The van der Waals surface area contributed by atoms with Gasteiger partial charge in [0.2, 0.25) is 0 Å². The molecule has 0 aliphatic rings. The molecule has 0 bridgehead atoms. The molecule has 50 valence electrons. The van der Waals surface area contributed by atoms with E-state index in [4.69, 9.17) is 28.9 Å². The van der Waals surface area contributed by atoms with E-state index in [1.807, 2.05) is 0 Å². The number of aromatic nitrogens is 1. The van der Waals surface area contributed by atoms with Gasteiger partial charge in [-0.1, -0.05) is 34.5 Å². The van der Waals surface area contributed by atoms with E-state index in [1.165, 1.54) is 11.3 Å². The molecule has 0 aliphatic heterocycles. The van der Waals surface area contributed by atoms with Crippen molar-refractivity contribution in [2.75, 3.05) is 0 Å². The van der Waals surface area contributed by atoms with Gasteiger partial charge in [-0.05, 0) is 0 Å².